The SMILES string of the molecule is C=CCC([C]=O)CCc1ccccc1. The first-order chi connectivity index (χ1) is 6.86. The molecule has 0 aliphatic carbocycles. The standard InChI is InChI=1S/C13H15O/c1-2-6-13(11-14)10-9-12-7-4-3-5-8-12/h2-5,7-8,13H,1,6,9-10H2. The van der Waals surface area contributed by atoms with Crippen LogP contribution in [0.1, 0.15) is 18.4 Å². The van der Waals surface area contributed by atoms with Gasteiger partial charge in [-0.1, -0.05) is 36.4 Å². The molecule has 0 fully saturated rings. The van der Waals surface area contributed by atoms with Gasteiger partial charge in [-0.15, -0.1) is 6.58 Å². The van der Waals surface area contributed by atoms with Gasteiger partial charge in [-0.25, -0.2) is 0 Å². The highest BCUT2D eigenvalue weighted by Crippen LogP contribution is 2.11. The lowest BCUT2D eigenvalue weighted by Gasteiger charge is -2.05. The first-order valence-corrected chi connectivity index (χ1v) is 4.89. The van der Waals surface area contributed by atoms with Crippen LogP contribution in [0.4, 0.5) is 0 Å². The summed E-state index contributed by atoms with van der Waals surface area (Å²) in [5.74, 6) is 0.00714. The molecule has 1 aromatic carbocycles. The summed E-state index contributed by atoms with van der Waals surface area (Å²) >= 11 is 0. The second-order valence-electron chi connectivity index (χ2n) is 3.36. The summed E-state index contributed by atoms with van der Waals surface area (Å²) in [6.45, 7) is 3.62. The van der Waals surface area contributed by atoms with Gasteiger partial charge in [0.15, 0.2) is 0 Å². The summed E-state index contributed by atoms with van der Waals surface area (Å²) in [4.78, 5) is 10.5. The van der Waals surface area contributed by atoms with E-state index in [0.717, 1.165) is 19.3 Å². The van der Waals surface area contributed by atoms with Crippen molar-refractivity contribution in [1.29, 1.82) is 0 Å². The molecule has 1 atom stereocenters. The van der Waals surface area contributed by atoms with Crippen LogP contribution in [0.15, 0.2) is 43.0 Å². The van der Waals surface area contributed by atoms with Crippen molar-refractivity contribution in [2.45, 2.75) is 19.3 Å². The summed E-state index contributed by atoms with van der Waals surface area (Å²) in [5.41, 5.74) is 1.27. The van der Waals surface area contributed by atoms with Gasteiger partial charge in [-0.3, -0.25) is 4.79 Å². The van der Waals surface area contributed by atoms with Crippen molar-refractivity contribution in [3.05, 3.63) is 48.6 Å². The quantitative estimate of drug-likeness (QED) is 0.626. The van der Waals surface area contributed by atoms with Crippen LogP contribution >= 0.6 is 0 Å². The molecule has 0 heterocycles. The van der Waals surface area contributed by atoms with Crippen LogP contribution in [0.5, 0.6) is 0 Å². The van der Waals surface area contributed by atoms with Gasteiger partial charge in [0.25, 0.3) is 0 Å². The predicted octanol–water partition coefficient (Wildman–Crippen LogP) is 2.92. The fourth-order valence-electron chi connectivity index (χ4n) is 1.41. The molecule has 0 saturated heterocycles. The normalized spacial score (nSPS) is 12.0. The van der Waals surface area contributed by atoms with Gasteiger partial charge in [-0.05, 0) is 24.8 Å². The van der Waals surface area contributed by atoms with E-state index in [1.54, 1.807) is 6.08 Å². The van der Waals surface area contributed by atoms with Crippen molar-refractivity contribution in [1.82, 2.24) is 0 Å². The molecular weight excluding hydrogens is 172 g/mol. The number of hydrogen-bond donors (Lipinski definition) is 0. The third-order valence-electron chi connectivity index (χ3n) is 2.24. The van der Waals surface area contributed by atoms with E-state index in [2.05, 4.69) is 25.0 Å². The number of carbonyl (C=O) groups excluding carboxylic acids is 1. The fraction of sp³-hybridized carbons (Fsp3) is 0.308. The summed E-state index contributed by atoms with van der Waals surface area (Å²) in [7, 11) is 0. The maximum atomic E-state index is 10.5. The average Bonchev–Trinajstić information content (AvgIpc) is 2.25. The number of benzene rings is 1. The Bertz CT molecular complexity index is 277. The highest BCUT2D eigenvalue weighted by molar-refractivity contribution is 5.54. The maximum Gasteiger partial charge on any atom is 0.202 e. The van der Waals surface area contributed by atoms with Gasteiger partial charge in [0.1, 0.15) is 0 Å². The van der Waals surface area contributed by atoms with E-state index >= 15 is 0 Å². The largest absolute Gasteiger partial charge is 0.291 e. The smallest absolute Gasteiger partial charge is 0.202 e. The van der Waals surface area contributed by atoms with Gasteiger partial charge in [0.05, 0.1) is 0 Å². The van der Waals surface area contributed by atoms with Crippen LogP contribution in [0.25, 0.3) is 0 Å². The van der Waals surface area contributed by atoms with Crippen molar-refractivity contribution < 1.29 is 4.79 Å². The van der Waals surface area contributed by atoms with E-state index in [1.165, 1.54) is 5.56 Å². The van der Waals surface area contributed by atoms with Gasteiger partial charge in [0.2, 0.25) is 6.29 Å². The Morgan fingerprint density at radius 2 is 2.07 bits per heavy atom. The first kappa shape index (κ1) is 10.7. The van der Waals surface area contributed by atoms with Crippen molar-refractivity contribution in [3.63, 3.8) is 0 Å². The van der Waals surface area contributed by atoms with Crippen molar-refractivity contribution >= 4 is 6.29 Å². The summed E-state index contributed by atoms with van der Waals surface area (Å²) in [5, 5.41) is 0. The van der Waals surface area contributed by atoms with E-state index in [-0.39, 0.29) is 5.92 Å². The molecule has 0 N–H and O–H groups in total. The van der Waals surface area contributed by atoms with Crippen molar-refractivity contribution in [2.24, 2.45) is 5.92 Å². The Morgan fingerprint density at radius 3 is 2.64 bits per heavy atom. The van der Waals surface area contributed by atoms with Crippen LogP contribution < -0.4 is 0 Å². The van der Waals surface area contributed by atoms with Crippen molar-refractivity contribution in [3.8, 4) is 0 Å². The molecule has 0 saturated carbocycles. The molecule has 1 heteroatoms. The molecule has 1 rings (SSSR count). The molecule has 0 aromatic heterocycles. The van der Waals surface area contributed by atoms with E-state index in [9.17, 15) is 4.79 Å². The number of allylic oxidation sites excluding steroid dienone is 1. The second kappa shape index (κ2) is 6.14. The molecule has 0 aliphatic rings. The topological polar surface area (TPSA) is 17.1 Å². The van der Waals surface area contributed by atoms with E-state index in [1.807, 2.05) is 18.2 Å². The number of rotatable bonds is 6. The third kappa shape index (κ3) is 3.56. The monoisotopic (exact) mass is 187 g/mol. The number of hydrogen-bond acceptors (Lipinski definition) is 1. The molecule has 1 radical (unpaired) electrons. The average molecular weight is 187 g/mol. The molecule has 73 valence electrons. The molecule has 1 unspecified atom stereocenters. The Hall–Kier alpha value is -1.37. The zero-order valence-electron chi connectivity index (χ0n) is 8.28. The Morgan fingerprint density at radius 1 is 1.36 bits per heavy atom. The molecule has 1 nitrogen and oxygen atoms in total. The summed E-state index contributed by atoms with van der Waals surface area (Å²) in [6.07, 6.45) is 6.36. The van der Waals surface area contributed by atoms with Gasteiger partial charge in [-0.2, -0.15) is 0 Å². The van der Waals surface area contributed by atoms with Crippen LogP contribution in [-0.2, 0) is 11.2 Å². The molecule has 0 aliphatic heterocycles. The highest BCUT2D eigenvalue weighted by atomic mass is 16.1. The van der Waals surface area contributed by atoms with Crippen molar-refractivity contribution in [2.75, 3.05) is 0 Å². The van der Waals surface area contributed by atoms with Gasteiger partial charge in [0, 0.05) is 5.92 Å². The highest BCUT2D eigenvalue weighted by Gasteiger charge is 2.05. The minimum Gasteiger partial charge on any atom is -0.291 e. The molecule has 1 aromatic rings. The zero-order chi connectivity index (χ0) is 10.2. The first-order valence-electron chi connectivity index (χ1n) is 4.89. The maximum absolute atomic E-state index is 10.5. The van der Waals surface area contributed by atoms with Crippen LogP contribution in [0.2, 0.25) is 0 Å². The summed E-state index contributed by atoms with van der Waals surface area (Å²) in [6, 6.07) is 10.2. The Labute approximate surface area is 85.5 Å². The molecule has 0 bridgehead atoms. The molecule has 0 amide bonds. The summed E-state index contributed by atoms with van der Waals surface area (Å²) < 4.78 is 0. The number of aryl methyl sites for hydroxylation is 1. The lowest BCUT2D eigenvalue weighted by Crippen LogP contribution is -2.02. The Kier molecular flexibility index (Phi) is 4.70. The fourth-order valence-corrected chi connectivity index (χ4v) is 1.41. The van der Waals surface area contributed by atoms with Crippen LogP contribution in [-0.4, -0.2) is 6.29 Å². The molecule has 14 heavy (non-hydrogen) atoms. The zero-order valence-corrected chi connectivity index (χ0v) is 8.28. The minimum absolute atomic E-state index is 0.00714. The molecule has 0 spiro atoms. The third-order valence-corrected chi connectivity index (χ3v) is 2.24. The Balaban J connectivity index is 2.39. The van der Waals surface area contributed by atoms with Crippen LogP contribution in [0, 0.1) is 5.92 Å². The van der Waals surface area contributed by atoms with Gasteiger partial charge < -0.3 is 0 Å². The van der Waals surface area contributed by atoms with E-state index < -0.39 is 0 Å². The lowest BCUT2D eigenvalue weighted by atomic mass is 9.98. The van der Waals surface area contributed by atoms with E-state index in [4.69, 9.17) is 0 Å². The van der Waals surface area contributed by atoms with Crippen LogP contribution in [0.3, 0.4) is 0 Å². The second-order valence-corrected chi connectivity index (χ2v) is 3.36. The molecular formula is C13H15O. The lowest BCUT2D eigenvalue weighted by molar-refractivity contribution is 0.507. The van der Waals surface area contributed by atoms with Gasteiger partial charge >= 0.3 is 0 Å². The predicted molar refractivity (Wildman–Crippen MR) is 58.8 cm³/mol. The minimum atomic E-state index is 0.00714. The van der Waals surface area contributed by atoms with E-state index in [0.29, 0.717) is 0 Å².